The second kappa shape index (κ2) is 8.27. The Balaban J connectivity index is 0.00000240. The van der Waals surface area contributed by atoms with Crippen LogP contribution in [0.1, 0.15) is 5.56 Å². The molecule has 3 nitrogen and oxygen atoms in total. The van der Waals surface area contributed by atoms with Crippen molar-refractivity contribution >= 4 is 34.0 Å². The van der Waals surface area contributed by atoms with Gasteiger partial charge in [0.2, 0.25) is 0 Å². The molecule has 3 aromatic carbocycles. The maximum absolute atomic E-state index is 13.0. The van der Waals surface area contributed by atoms with Crippen LogP contribution >= 0.6 is 11.6 Å². The topological polar surface area (TPSA) is 37.8 Å². The van der Waals surface area contributed by atoms with Crippen LogP contribution in [0.5, 0.6) is 0 Å². The van der Waals surface area contributed by atoms with Crippen molar-refractivity contribution in [2.24, 2.45) is 0 Å². The lowest BCUT2D eigenvalue weighted by Crippen LogP contribution is -3.00. The monoisotopic (exact) mass is 434 g/mol. The molecule has 29 heavy (non-hydrogen) atoms. The summed E-state index contributed by atoms with van der Waals surface area (Å²) in [6.07, 6.45) is -4.42. The van der Waals surface area contributed by atoms with E-state index >= 15 is 0 Å². The van der Waals surface area contributed by atoms with Gasteiger partial charge in [-0.15, -0.1) is 0 Å². The van der Waals surface area contributed by atoms with E-state index in [0.29, 0.717) is 33.1 Å². The molecule has 4 rings (SSSR count). The zero-order valence-corrected chi connectivity index (χ0v) is 16.2. The van der Waals surface area contributed by atoms with Gasteiger partial charge in [0, 0.05) is 16.6 Å². The van der Waals surface area contributed by atoms with E-state index in [1.54, 1.807) is 24.3 Å². The molecule has 0 atom stereocenters. The lowest BCUT2D eigenvalue weighted by atomic mass is 10.1. The van der Waals surface area contributed by atoms with E-state index in [1.807, 2.05) is 30.3 Å². The van der Waals surface area contributed by atoms with Crippen molar-refractivity contribution < 1.29 is 25.6 Å². The van der Waals surface area contributed by atoms with Gasteiger partial charge in [0.25, 0.3) is 0 Å². The van der Waals surface area contributed by atoms with Crippen LogP contribution in [0.2, 0.25) is 5.02 Å². The van der Waals surface area contributed by atoms with Crippen molar-refractivity contribution in [1.29, 1.82) is 0 Å². The van der Waals surface area contributed by atoms with Gasteiger partial charge in [0.05, 0.1) is 16.1 Å². The third-order valence-corrected chi connectivity index (χ3v) is 4.50. The van der Waals surface area contributed by atoms with Crippen LogP contribution in [-0.2, 0) is 6.18 Å². The number of nitrogens with zero attached hydrogens (tertiary/aromatic N) is 2. The van der Waals surface area contributed by atoms with E-state index < -0.39 is 11.7 Å². The van der Waals surface area contributed by atoms with Crippen molar-refractivity contribution in [1.82, 2.24) is 9.97 Å². The Labute approximate surface area is 176 Å². The average Bonchev–Trinajstić information content (AvgIpc) is 2.68. The number of rotatable bonds is 3. The molecule has 0 radical (unpaired) electrons. The molecule has 0 aliphatic rings. The molecule has 148 valence electrons. The number of anilines is 2. The van der Waals surface area contributed by atoms with Gasteiger partial charge in [0.1, 0.15) is 5.82 Å². The number of halogens is 5. The number of fused-ring (bicyclic) bond motifs is 1. The molecule has 0 aliphatic heterocycles. The molecule has 8 heteroatoms. The van der Waals surface area contributed by atoms with Crippen LogP contribution in [0.15, 0.2) is 72.8 Å². The molecule has 0 spiro atoms. The van der Waals surface area contributed by atoms with E-state index in [2.05, 4.69) is 15.3 Å². The average molecular weight is 435 g/mol. The molecular formula is C21H13Cl2F3N3-. The molecular weight excluding hydrogens is 422 g/mol. The van der Waals surface area contributed by atoms with Crippen molar-refractivity contribution in [3.63, 3.8) is 0 Å². The molecule has 1 N–H and O–H groups in total. The predicted molar refractivity (Wildman–Crippen MR) is 105 cm³/mol. The van der Waals surface area contributed by atoms with Crippen LogP contribution < -0.4 is 17.7 Å². The summed E-state index contributed by atoms with van der Waals surface area (Å²) in [6, 6.07) is 19.4. The van der Waals surface area contributed by atoms with E-state index in [1.165, 1.54) is 6.07 Å². The summed E-state index contributed by atoms with van der Waals surface area (Å²) in [5.74, 6) is 0.790. The van der Waals surface area contributed by atoms with Gasteiger partial charge in [0.15, 0.2) is 5.82 Å². The second-order valence-corrected chi connectivity index (χ2v) is 6.50. The van der Waals surface area contributed by atoms with E-state index in [9.17, 15) is 13.2 Å². The Morgan fingerprint density at radius 3 is 2.31 bits per heavy atom. The van der Waals surface area contributed by atoms with Crippen LogP contribution in [0.4, 0.5) is 24.7 Å². The first-order valence-electron chi connectivity index (χ1n) is 8.38. The number of nitrogens with one attached hydrogen (secondary N) is 1. The van der Waals surface area contributed by atoms with Gasteiger partial charge in [-0.1, -0.05) is 41.9 Å². The summed E-state index contributed by atoms with van der Waals surface area (Å²) in [4.78, 5) is 9.08. The van der Waals surface area contributed by atoms with Gasteiger partial charge in [-0.3, -0.25) is 0 Å². The third-order valence-electron chi connectivity index (χ3n) is 4.17. The molecule has 1 aromatic heterocycles. The maximum atomic E-state index is 13.0. The van der Waals surface area contributed by atoms with Gasteiger partial charge in [-0.25, -0.2) is 9.97 Å². The fourth-order valence-corrected chi connectivity index (χ4v) is 3.07. The molecule has 0 fully saturated rings. The lowest BCUT2D eigenvalue weighted by Gasteiger charge is -2.13. The highest BCUT2D eigenvalue weighted by Crippen LogP contribution is 2.33. The lowest BCUT2D eigenvalue weighted by molar-refractivity contribution is -0.137. The number of aromatic nitrogens is 2. The summed E-state index contributed by atoms with van der Waals surface area (Å²) in [6.45, 7) is 0. The molecule has 0 saturated carbocycles. The molecule has 0 bridgehead atoms. The Morgan fingerprint density at radius 1 is 0.828 bits per heavy atom. The fourth-order valence-electron chi connectivity index (χ4n) is 2.84. The molecule has 0 saturated heterocycles. The second-order valence-electron chi connectivity index (χ2n) is 6.10. The summed E-state index contributed by atoms with van der Waals surface area (Å²) >= 11 is 6.27. The van der Waals surface area contributed by atoms with Crippen molar-refractivity contribution in [3.8, 4) is 11.4 Å². The maximum Gasteiger partial charge on any atom is 0.416 e. The van der Waals surface area contributed by atoms with Crippen molar-refractivity contribution in [3.05, 3.63) is 83.4 Å². The van der Waals surface area contributed by atoms with Crippen LogP contribution in [0.25, 0.3) is 22.3 Å². The Kier molecular flexibility index (Phi) is 5.96. The molecule has 4 aromatic rings. The van der Waals surface area contributed by atoms with Crippen molar-refractivity contribution in [2.45, 2.75) is 6.18 Å². The van der Waals surface area contributed by atoms with Gasteiger partial charge >= 0.3 is 6.18 Å². The summed E-state index contributed by atoms with van der Waals surface area (Å²) in [5.41, 5.74) is 0.842. The zero-order valence-electron chi connectivity index (χ0n) is 14.7. The summed E-state index contributed by atoms with van der Waals surface area (Å²) in [5, 5.41) is 4.17. The Bertz CT molecular complexity index is 1160. The van der Waals surface area contributed by atoms with E-state index in [0.717, 1.165) is 12.1 Å². The molecule has 0 amide bonds. The number of benzene rings is 3. The Morgan fingerprint density at radius 2 is 1.55 bits per heavy atom. The van der Waals surface area contributed by atoms with Crippen LogP contribution in [0.3, 0.4) is 0 Å². The zero-order chi connectivity index (χ0) is 19.7. The highest BCUT2D eigenvalue weighted by atomic mass is 35.5. The largest absolute Gasteiger partial charge is 1.00 e. The number of para-hydroxylation sites is 1. The van der Waals surface area contributed by atoms with Gasteiger partial charge in [-0.2, -0.15) is 13.2 Å². The SMILES string of the molecule is FC(F)(F)c1cccc(Nc2nc(-c3ccccc3Cl)nc3ccccc23)c1.[Cl-]. The van der Waals surface area contributed by atoms with Crippen molar-refractivity contribution in [2.75, 3.05) is 5.32 Å². The predicted octanol–water partition coefficient (Wildman–Crippen LogP) is 3.72. The number of alkyl halides is 3. The highest BCUT2D eigenvalue weighted by molar-refractivity contribution is 6.33. The van der Waals surface area contributed by atoms with E-state index in [4.69, 9.17) is 11.6 Å². The first-order chi connectivity index (χ1) is 13.4. The molecule has 0 aliphatic carbocycles. The summed E-state index contributed by atoms with van der Waals surface area (Å²) < 4.78 is 39.1. The summed E-state index contributed by atoms with van der Waals surface area (Å²) in [7, 11) is 0. The minimum Gasteiger partial charge on any atom is -1.00 e. The normalized spacial score (nSPS) is 11.2. The van der Waals surface area contributed by atoms with Crippen LogP contribution in [-0.4, -0.2) is 9.97 Å². The highest BCUT2D eigenvalue weighted by Gasteiger charge is 2.30. The minimum atomic E-state index is -4.42. The fraction of sp³-hybridized carbons (Fsp3) is 0.0476. The standard InChI is InChI=1S/C21H13ClF3N3.ClH/c22-17-10-3-1-8-15(17)19-27-18-11-4-2-9-16(18)20(28-19)26-14-7-5-6-13(12-14)21(23,24)25;/h1-12H,(H,26,27,28);1H/p-1. The Hall–Kier alpha value is -2.83. The third kappa shape index (κ3) is 4.44. The van der Waals surface area contributed by atoms with E-state index in [-0.39, 0.29) is 18.1 Å². The van der Waals surface area contributed by atoms with Crippen LogP contribution in [0, 0.1) is 0 Å². The number of hydrogen-bond acceptors (Lipinski definition) is 3. The first-order valence-corrected chi connectivity index (χ1v) is 8.75. The van der Waals surface area contributed by atoms with Gasteiger partial charge < -0.3 is 17.7 Å². The molecule has 1 heterocycles. The smallest absolute Gasteiger partial charge is 0.416 e. The minimum absolute atomic E-state index is 0. The quantitative estimate of drug-likeness (QED) is 0.533. The first kappa shape index (κ1) is 20.9. The molecule has 0 unspecified atom stereocenters. The van der Waals surface area contributed by atoms with Gasteiger partial charge in [-0.05, 0) is 42.5 Å². The number of hydrogen-bond donors (Lipinski definition) is 1.